The van der Waals surface area contributed by atoms with E-state index in [9.17, 15) is 4.39 Å². The van der Waals surface area contributed by atoms with Gasteiger partial charge in [-0.3, -0.25) is 0 Å². The van der Waals surface area contributed by atoms with Gasteiger partial charge in [0, 0.05) is 22.8 Å². The van der Waals surface area contributed by atoms with Gasteiger partial charge < -0.3 is 5.32 Å². The minimum Gasteiger partial charge on any atom is -0.354 e. The van der Waals surface area contributed by atoms with Crippen LogP contribution >= 0.6 is 15.9 Å². The predicted molar refractivity (Wildman–Crippen MR) is 73.9 cm³/mol. The van der Waals surface area contributed by atoms with Crippen molar-refractivity contribution >= 4 is 21.9 Å². The number of nitrogens with one attached hydrogen (secondary N) is 1. The van der Waals surface area contributed by atoms with Crippen LogP contribution in [0.25, 0.3) is 11.3 Å². The van der Waals surface area contributed by atoms with Crippen LogP contribution in [0.2, 0.25) is 0 Å². The van der Waals surface area contributed by atoms with Gasteiger partial charge in [0.1, 0.15) is 5.82 Å². The first kappa shape index (κ1) is 13.0. The Labute approximate surface area is 114 Å². The SMILES string of the molecule is CCCNc1nccc(-c2cc(Br)ccc2F)n1. The molecule has 0 radical (unpaired) electrons. The normalized spacial score (nSPS) is 10.4. The largest absolute Gasteiger partial charge is 0.354 e. The molecule has 1 aromatic carbocycles. The molecular formula is C13H13BrFN3. The fraction of sp³-hybridized carbons (Fsp3) is 0.231. The van der Waals surface area contributed by atoms with E-state index in [4.69, 9.17) is 0 Å². The first-order valence-corrected chi connectivity index (χ1v) is 6.52. The van der Waals surface area contributed by atoms with Crippen molar-refractivity contribution in [1.29, 1.82) is 0 Å². The lowest BCUT2D eigenvalue weighted by Crippen LogP contribution is -2.04. The molecule has 0 atom stereocenters. The van der Waals surface area contributed by atoms with Gasteiger partial charge in [-0.15, -0.1) is 0 Å². The second-order valence-electron chi connectivity index (χ2n) is 3.82. The maximum Gasteiger partial charge on any atom is 0.223 e. The lowest BCUT2D eigenvalue weighted by molar-refractivity contribution is 0.630. The van der Waals surface area contributed by atoms with Gasteiger partial charge in [0.2, 0.25) is 5.95 Å². The fourth-order valence-corrected chi connectivity index (χ4v) is 1.89. The van der Waals surface area contributed by atoms with Crippen molar-refractivity contribution in [1.82, 2.24) is 9.97 Å². The zero-order chi connectivity index (χ0) is 13.0. The van der Waals surface area contributed by atoms with Gasteiger partial charge in [-0.1, -0.05) is 22.9 Å². The molecule has 0 aliphatic rings. The van der Waals surface area contributed by atoms with Gasteiger partial charge in [0.15, 0.2) is 0 Å². The molecule has 0 spiro atoms. The van der Waals surface area contributed by atoms with Crippen molar-refractivity contribution in [3.05, 3.63) is 40.8 Å². The molecule has 0 aliphatic carbocycles. The Morgan fingerprint density at radius 1 is 1.33 bits per heavy atom. The summed E-state index contributed by atoms with van der Waals surface area (Å²) in [5.74, 6) is 0.229. The summed E-state index contributed by atoms with van der Waals surface area (Å²) in [7, 11) is 0. The van der Waals surface area contributed by atoms with E-state index in [-0.39, 0.29) is 5.82 Å². The smallest absolute Gasteiger partial charge is 0.223 e. The summed E-state index contributed by atoms with van der Waals surface area (Å²) in [6.45, 7) is 2.86. The summed E-state index contributed by atoms with van der Waals surface area (Å²) in [6.07, 6.45) is 2.61. The molecule has 5 heteroatoms. The quantitative estimate of drug-likeness (QED) is 0.931. The monoisotopic (exact) mass is 309 g/mol. The third kappa shape index (κ3) is 3.04. The zero-order valence-electron chi connectivity index (χ0n) is 9.95. The predicted octanol–water partition coefficient (Wildman–Crippen LogP) is 3.87. The van der Waals surface area contributed by atoms with Crippen molar-refractivity contribution in [2.24, 2.45) is 0 Å². The standard InChI is InChI=1S/C13H13BrFN3/c1-2-6-16-13-17-7-5-12(18-13)10-8-9(14)3-4-11(10)15/h3-5,7-8H,2,6H2,1H3,(H,16,17,18). The molecular weight excluding hydrogens is 297 g/mol. The lowest BCUT2D eigenvalue weighted by Gasteiger charge is -2.06. The number of halogens is 2. The molecule has 0 unspecified atom stereocenters. The van der Waals surface area contributed by atoms with Gasteiger partial charge in [-0.25, -0.2) is 14.4 Å². The molecule has 0 bridgehead atoms. The summed E-state index contributed by atoms with van der Waals surface area (Å²) in [6, 6.07) is 6.49. The van der Waals surface area contributed by atoms with Crippen LogP contribution in [0.5, 0.6) is 0 Å². The lowest BCUT2D eigenvalue weighted by atomic mass is 10.1. The average molecular weight is 310 g/mol. The second-order valence-corrected chi connectivity index (χ2v) is 4.73. The molecule has 18 heavy (non-hydrogen) atoms. The van der Waals surface area contributed by atoms with Crippen LogP contribution in [0.3, 0.4) is 0 Å². The van der Waals surface area contributed by atoms with E-state index >= 15 is 0 Å². The number of rotatable bonds is 4. The molecule has 0 fully saturated rings. The number of hydrogen-bond acceptors (Lipinski definition) is 3. The van der Waals surface area contributed by atoms with E-state index in [2.05, 4.69) is 38.1 Å². The first-order valence-electron chi connectivity index (χ1n) is 5.73. The zero-order valence-corrected chi connectivity index (χ0v) is 11.5. The molecule has 1 aromatic heterocycles. The molecule has 2 aromatic rings. The van der Waals surface area contributed by atoms with E-state index in [1.54, 1.807) is 24.4 Å². The molecule has 0 amide bonds. The number of anilines is 1. The maximum absolute atomic E-state index is 13.7. The highest BCUT2D eigenvalue weighted by Crippen LogP contribution is 2.25. The molecule has 1 N–H and O–H groups in total. The Morgan fingerprint density at radius 3 is 2.94 bits per heavy atom. The summed E-state index contributed by atoms with van der Waals surface area (Å²) < 4.78 is 14.6. The van der Waals surface area contributed by atoms with E-state index in [1.165, 1.54) is 6.07 Å². The first-order chi connectivity index (χ1) is 8.70. The van der Waals surface area contributed by atoms with E-state index < -0.39 is 0 Å². The van der Waals surface area contributed by atoms with Crippen LogP contribution in [0.4, 0.5) is 10.3 Å². The maximum atomic E-state index is 13.7. The molecule has 94 valence electrons. The minimum absolute atomic E-state index is 0.293. The highest BCUT2D eigenvalue weighted by Gasteiger charge is 2.08. The molecule has 0 saturated heterocycles. The Morgan fingerprint density at radius 2 is 2.17 bits per heavy atom. The van der Waals surface area contributed by atoms with E-state index in [1.807, 2.05) is 0 Å². The summed E-state index contributed by atoms with van der Waals surface area (Å²) in [5, 5.41) is 3.08. The van der Waals surface area contributed by atoms with Gasteiger partial charge in [0.05, 0.1) is 5.69 Å². The van der Waals surface area contributed by atoms with Crippen molar-refractivity contribution in [3.63, 3.8) is 0 Å². The highest BCUT2D eigenvalue weighted by atomic mass is 79.9. The third-order valence-electron chi connectivity index (χ3n) is 2.39. The Kier molecular flexibility index (Phi) is 4.25. The minimum atomic E-state index is -0.293. The molecule has 0 aliphatic heterocycles. The number of hydrogen-bond donors (Lipinski definition) is 1. The van der Waals surface area contributed by atoms with Crippen molar-refractivity contribution in [3.8, 4) is 11.3 Å². The molecule has 1 heterocycles. The summed E-state index contributed by atoms with van der Waals surface area (Å²) in [4.78, 5) is 8.40. The van der Waals surface area contributed by atoms with E-state index in [0.717, 1.165) is 17.4 Å². The second kappa shape index (κ2) is 5.91. The van der Waals surface area contributed by atoms with Crippen molar-refractivity contribution in [2.75, 3.05) is 11.9 Å². The number of benzene rings is 1. The Bertz CT molecular complexity index is 546. The Hall–Kier alpha value is -1.49. The highest BCUT2D eigenvalue weighted by molar-refractivity contribution is 9.10. The van der Waals surface area contributed by atoms with Crippen LogP contribution < -0.4 is 5.32 Å². The van der Waals surface area contributed by atoms with Crippen molar-refractivity contribution < 1.29 is 4.39 Å². The molecule has 2 rings (SSSR count). The summed E-state index contributed by atoms with van der Waals surface area (Å²) in [5.41, 5.74) is 1.04. The van der Waals surface area contributed by atoms with Gasteiger partial charge >= 0.3 is 0 Å². The Balaban J connectivity index is 2.35. The number of nitrogens with zero attached hydrogens (tertiary/aromatic N) is 2. The van der Waals surface area contributed by atoms with Gasteiger partial charge in [-0.2, -0.15) is 0 Å². The third-order valence-corrected chi connectivity index (χ3v) is 2.89. The van der Waals surface area contributed by atoms with Crippen LogP contribution in [0.15, 0.2) is 34.9 Å². The van der Waals surface area contributed by atoms with E-state index in [0.29, 0.717) is 17.2 Å². The fourth-order valence-electron chi connectivity index (χ4n) is 1.52. The van der Waals surface area contributed by atoms with Crippen LogP contribution in [0.1, 0.15) is 13.3 Å². The molecule has 0 saturated carbocycles. The average Bonchev–Trinajstić information content (AvgIpc) is 2.39. The van der Waals surface area contributed by atoms with Crippen LogP contribution in [-0.4, -0.2) is 16.5 Å². The van der Waals surface area contributed by atoms with Gasteiger partial charge in [0.25, 0.3) is 0 Å². The summed E-state index contributed by atoms with van der Waals surface area (Å²) >= 11 is 3.33. The van der Waals surface area contributed by atoms with Crippen LogP contribution in [-0.2, 0) is 0 Å². The molecule has 3 nitrogen and oxygen atoms in total. The van der Waals surface area contributed by atoms with Gasteiger partial charge in [-0.05, 0) is 30.7 Å². The number of aromatic nitrogens is 2. The van der Waals surface area contributed by atoms with Crippen molar-refractivity contribution in [2.45, 2.75) is 13.3 Å². The van der Waals surface area contributed by atoms with Crippen LogP contribution in [0, 0.1) is 5.82 Å². The topological polar surface area (TPSA) is 37.8 Å².